The first-order valence-corrected chi connectivity index (χ1v) is 7.29. The van der Waals surface area contributed by atoms with Crippen LogP contribution in [0, 0.1) is 6.92 Å². The van der Waals surface area contributed by atoms with Crippen LogP contribution in [0.1, 0.15) is 18.1 Å². The fourth-order valence-corrected chi connectivity index (χ4v) is 2.12. The molecule has 0 fully saturated rings. The Balaban J connectivity index is 2.26. The van der Waals surface area contributed by atoms with E-state index in [0.717, 1.165) is 40.7 Å². The zero-order valence-electron chi connectivity index (χ0n) is 11.5. The molecule has 20 heavy (non-hydrogen) atoms. The summed E-state index contributed by atoms with van der Waals surface area (Å²) in [6.45, 7) is 5.67. The molecule has 0 spiro atoms. The van der Waals surface area contributed by atoms with Gasteiger partial charge in [0.25, 0.3) is 0 Å². The molecule has 0 unspecified atom stereocenters. The van der Waals surface area contributed by atoms with Crippen molar-refractivity contribution < 1.29 is 4.74 Å². The Morgan fingerprint density at radius 2 is 1.90 bits per heavy atom. The first-order chi connectivity index (χ1) is 9.60. The first kappa shape index (κ1) is 15.2. The topological polar surface area (TPSA) is 21.3 Å². The summed E-state index contributed by atoms with van der Waals surface area (Å²) in [5.74, 6) is 1.52. The molecule has 2 aromatic carbocycles. The zero-order chi connectivity index (χ0) is 14.5. The molecule has 0 aliphatic heterocycles. The molecule has 0 radical (unpaired) electrons. The van der Waals surface area contributed by atoms with Crippen molar-refractivity contribution in [1.29, 1.82) is 0 Å². The van der Waals surface area contributed by atoms with Gasteiger partial charge in [-0.1, -0.05) is 36.2 Å². The molecule has 0 saturated carbocycles. The predicted octanol–water partition coefficient (Wildman–Crippen LogP) is 5.20. The van der Waals surface area contributed by atoms with E-state index in [0.29, 0.717) is 5.02 Å². The number of rotatable bonds is 5. The monoisotopic (exact) mass is 309 g/mol. The summed E-state index contributed by atoms with van der Waals surface area (Å²) in [7, 11) is 0. The van der Waals surface area contributed by atoms with Gasteiger partial charge in [0, 0.05) is 22.2 Å². The molecule has 0 atom stereocenters. The number of aryl methyl sites for hydroxylation is 1. The number of ether oxygens (including phenoxy) is 1. The van der Waals surface area contributed by atoms with E-state index in [1.54, 1.807) is 0 Å². The third-order valence-electron chi connectivity index (χ3n) is 2.95. The van der Waals surface area contributed by atoms with Crippen LogP contribution in [0.3, 0.4) is 0 Å². The van der Waals surface area contributed by atoms with Crippen LogP contribution in [0.25, 0.3) is 0 Å². The highest BCUT2D eigenvalue weighted by Crippen LogP contribution is 2.30. The van der Waals surface area contributed by atoms with E-state index in [1.165, 1.54) is 0 Å². The van der Waals surface area contributed by atoms with Crippen LogP contribution in [0.2, 0.25) is 10.0 Å². The van der Waals surface area contributed by atoms with E-state index >= 15 is 0 Å². The van der Waals surface area contributed by atoms with Crippen molar-refractivity contribution >= 4 is 23.2 Å². The summed E-state index contributed by atoms with van der Waals surface area (Å²) >= 11 is 12.1. The van der Waals surface area contributed by atoms with Gasteiger partial charge in [0.1, 0.15) is 11.5 Å². The fraction of sp³-hybridized carbons (Fsp3) is 0.250. The Morgan fingerprint density at radius 3 is 2.60 bits per heavy atom. The Bertz CT molecular complexity index is 599. The van der Waals surface area contributed by atoms with Crippen LogP contribution in [0.4, 0.5) is 0 Å². The van der Waals surface area contributed by atoms with Gasteiger partial charge in [-0.15, -0.1) is 0 Å². The fourth-order valence-electron chi connectivity index (χ4n) is 1.84. The van der Waals surface area contributed by atoms with Crippen LogP contribution in [-0.2, 0) is 6.54 Å². The summed E-state index contributed by atoms with van der Waals surface area (Å²) in [4.78, 5) is 0. The molecule has 0 saturated heterocycles. The second-order valence-electron chi connectivity index (χ2n) is 4.55. The van der Waals surface area contributed by atoms with Gasteiger partial charge in [-0.25, -0.2) is 0 Å². The third-order valence-corrected chi connectivity index (χ3v) is 3.61. The third kappa shape index (κ3) is 3.89. The van der Waals surface area contributed by atoms with Gasteiger partial charge in [-0.3, -0.25) is 0 Å². The van der Waals surface area contributed by atoms with E-state index in [-0.39, 0.29) is 0 Å². The molecule has 0 amide bonds. The Kier molecular flexibility index (Phi) is 5.30. The van der Waals surface area contributed by atoms with Crippen molar-refractivity contribution in [2.24, 2.45) is 0 Å². The molecule has 1 N–H and O–H groups in total. The van der Waals surface area contributed by atoms with E-state index in [1.807, 2.05) is 43.3 Å². The molecule has 0 aliphatic carbocycles. The van der Waals surface area contributed by atoms with Crippen molar-refractivity contribution in [3.8, 4) is 11.5 Å². The zero-order valence-corrected chi connectivity index (χ0v) is 13.1. The minimum atomic E-state index is 0.658. The number of nitrogens with one attached hydrogen (secondary N) is 1. The minimum absolute atomic E-state index is 0.658. The maximum Gasteiger partial charge on any atom is 0.133 e. The summed E-state index contributed by atoms with van der Waals surface area (Å²) in [6.07, 6.45) is 0. The van der Waals surface area contributed by atoms with Crippen LogP contribution in [0.5, 0.6) is 11.5 Å². The molecule has 0 bridgehead atoms. The molecule has 0 aromatic heterocycles. The van der Waals surface area contributed by atoms with Gasteiger partial charge in [0.05, 0.1) is 0 Å². The lowest BCUT2D eigenvalue weighted by atomic mass is 10.2. The SMILES string of the molecule is CCNCc1ccc(Cl)cc1Oc1ccc(Cl)c(C)c1. The lowest BCUT2D eigenvalue weighted by molar-refractivity contribution is 0.473. The number of hydrogen-bond donors (Lipinski definition) is 1. The van der Waals surface area contributed by atoms with Gasteiger partial charge in [0.15, 0.2) is 0 Å². The average molecular weight is 310 g/mol. The second kappa shape index (κ2) is 6.98. The maximum atomic E-state index is 6.05. The Labute approximate surface area is 129 Å². The average Bonchev–Trinajstić information content (AvgIpc) is 2.42. The predicted molar refractivity (Wildman–Crippen MR) is 85.1 cm³/mol. The van der Waals surface area contributed by atoms with Crippen LogP contribution < -0.4 is 10.1 Å². The number of benzene rings is 2. The highest BCUT2D eigenvalue weighted by molar-refractivity contribution is 6.31. The normalized spacial score (nSPS) is 10.6. The van der Waals surface area contributed by atoms with Gasteiger partial charge >= 0.3 is 0 Å². The Morgan fingerprint density at radius 1 is 1.10 bits per heavy atom. The maximum absolute atomic E-state index is 6.05. The van der Waals surface area contributed by atoms with Gasteiger partial charge in [-0.2, -0.15) is 0 Å². The largest absolute Gasteiger partial charge is 0.457 e. The molecule has 0 heterocycles. The quantitative estimate of drug-likeness (QED) is 0.819. The Hall–Kier alpha value is -1.22. The van der Waals surface area contributed by atoms with Crippen LogP contribution in [-0.4, -0.2) is 6.54 Å². The molecule has 2 rings (SSSR count). The number of halogens is 2. The lowest BCUT2D eigenvalue weighted by Crippen LogP contribution is -2.12. The van der Waals surface area contributed by atoms with Crippen molar-refractivity contribution in [2.75, 3.05) is 6.54 Å². The summed E-state index contributed by atoms with van der Waals surface area (Å²) < 4.78 is 5.94. The van der Waals surface area contributed by atoms with Crippen molar-refractivity contribution in [3.05, 3.63) is 57.6 Å². The molecular weight excluding hydrogens is 293 g/mol. The molecule has 2 nitrogen and oxygen atoms in total. The summed E-state index contributed by atoms with van der Waals surface area (Å²) in [5.41, 5.74) is 2.06. The molecular formula is C16H17Cl2NO. The second-order valence-corrected chi connectivity index (χ2v) is 5.39. The van der Waals surface area contributed by atoms with Crippen molar-refractivity contribution in [3.63, 3.8) is 0 Å². The molecule has 4 heteroatoms. The van der Waals surface area contributed by atoms with Gasteiger partial charge < -0.3 is 10.1 Å². The van der Waals surface area contributed by atoms with Crippen LogP contribution in [0.15, 0.2) is 36.4 Å². The summed E-state index contributed by atoms with van der Waals surface area (Å²) in [6, 6.07) is 11.3. The first-order valence-electron chi connectivity index (χ1n) is 6.53. The lowest BCUT2D eigenvalue weighted by Gasteiger charge is -2.13. The van der Waals surface area contributed by atoms with Crippen molar-refractivity contribution in [2.45, 2.75) is 20.4 Å². The number of hydrogen-bond acceptors (Lipinski definition) is 2. The highest BCUT2D eigenvalue weighted by atomic mass is 35.5. The van der Waals surface area contributed by atoms with Gasteiger partial charge in [-0.05, 0) is 49.4 Å². The van der Waals surface area contributed by atoms with E-state index in [4.69, 9.17) is 27.9 Å². The summed E-state index contributed by atoms with van der Waals surface area (Å²) in [5, 5.41) is 4.68. The van der Waals surface area contributed by atoms with Crippen molar-refractivity contribution in [1.82, 2.24) is 5.32 Å². The standard InChI is InChI=1S/C16H17Cl2NO/c1-3-19-10-12-4-5-13(17)9-16(12)20-14-6-7-15(18)11(2)8-14/h4-9,19H,3,10H2,1-2H3. The van der Waals surface area contributed by atoms with E-state index in [9.17, 15) is 0 Å². The van der Waals surface area contributed by atoms with E-state index < -0.39 is 0 Å². The molecule has 0 aliphatic rings. The van der Waals surface area contributed by atoms with Crippen LogP contribution >= 0.6 is 23.2 Å². The van der Waals surface area contributed by atoms with E-state index in [2.05, 4.69) is 12.2 Å². The molecule has 2 aromatic rings. The molecule has 106 valence electrons. The van der Waals surface area contributed by atoms with Gasteiger partial charge in [0.2, 0.25) is 0 Å². The highest BCUT2D eigenvalue weighted by Gasteiger charge is 2.07. The smallest absolute Gasteiger partial charge is 0.133 e. The minimum Gasteiger partial charge on any atom is -0.457 e.